The molecule has 0 radical (unpaired) electrons. The zero-order chi connectivity index (χ0) is 27.8. The molecule has 6 rings (SSSR count). The summed E-state index contributed by atoms with van der Waals surface area (Å²) >= 11 is 1.39. The number of amides is 1. The fraction of sp³-hybridized carbons (Fsp3) is 0.103. The molecule has 11 heteroatoms. The van der Waals surface area contributed by atoms with Crippen LogP contribution in [0, 0.1) is 18.8 Å². The smallest absolute Gasteiger partial charge is 0.264 e. The highest BCUT2D eigenvalue weighted by molar-refractivity contribution is 7.11. The van der Waals surface area contributed by atoms with Gasteiger partial charge in [-0.1, -0.05) is 47.6 Å². The van der Waals surface area contributed by atoms with Crippen LogP contribution in [0.3, 0.4) is 0 Å². The molecule has 0 fully saturated rings. The molecule has 0 bridgehead atoms. The average molecular weight is 547 g/mol. The van der Waals surface area contributed by atoms with Gasteiger partial charge < -0.3 is 11.1 Å². The van der Waals surface area contributed by atoms with Crippen LogP contribution in [0.2, 0.25) is 0 Å². The van der Waals surface area contributed by atoms with Gasteiger partial charge in [-0.15, -0.1) is 15.3 Å². The molecule has 0 saturated heterocycles. The maximum atomic E-state index is 14.1. The van der Waals surface area contributed by atoms with E-state index in [0.29, 0.717) is 38.4 Å². The van der Waals surface area contributed by atoms with Gasteiger partial charge in [-0.05, 0) is 55.5 Å². The van der Waals surface area contributed by atoms with E-state index in [4.69, 9.17) is 5.73 Å². The highest BCUT2D eigenvalue weighted by Gasteiger charge is 2.24. The second-order valence-electron chi connectivity index (χ2n) is 9.03. The third-order valence-electron chi connectivity index (χ3n) is 6.36. The molecule has 1 unspecified atom stereocenters. The molecule has 0 aliphatic heterocycles. The van der Waals surface area contributed by atoms with Crippen LogP contribution in [-0.2, 0) is 0 Å². The highest BCUT2D eigenvalue weighted by atomic mass is 32.1. The number of nitrogen functional groups attached to an aromatic ring is 1. The molecule has 1 atom stereocenters. The first-order valence-corrected chi connectivity index (χ1v) is 13.2. The van der Waals surface area contributed by atoms with Gasteiger partial charge in [0.25, 0.3) is 11.5 Å². The van der Waals surface area contributed by atoms with E-state index in [2.05, 4.69) is 37.4 Å². The second kappa shape index (κ2) is 10.1. The summed E-state index contributed by atoms with van der Waals surface area (Å²) in [5, 5.41) is 17.8. The van der Waals surface area contributed by atoms with Crippen molar-refractivity contribution in [1.29, 1.82) is 0 Å². The van der Waals surface area contributed by atoms with Crippen molar-refractivity contribution in [2.75, 3.05) is 5.73 Å². The van der Waals surface area contributed by atoms with Crippen LogP contribution in [0.15, 0.2) is 77.9 Å². The number of hydrogen-bond acceptors (Lipinski definition) is 8. The SMILES string of the molecule is Cc1nnc(C#Cc2cccc3cc(C(C)NC(=O)c4c(N)nn5cccnc45)n(-c4ccccc4)c(=O)c23)s1. The summed E-state index contributed by atoms with van der Waals surface area (Å²) < 4.78 is 3.06. The summed E-state index contributed by atoms with van der Waals surface area (Å²) in [7, 11) is 0. The van der Waals surface area contributed by atoms with Gasteiger partial charge in [0, 0.05) is 29.3 Å². The molecule has 6 aromatic rings. The molecule has 4 aromatic heterocycles. The van der Waals surface area contributed by atoms with Crippen molar-refractivity contribution in [2.45, 2.75) is 19.9 Å². The number of nitrogens with zero attached hydrogens (tertiary/aromatic N) is 6. The highest BCUT2D eigenvalue weighted by Crippen LogP contribution is 2.24. The average Bonchev–Trinajstić information content (AvgIpc) is 3.53. The van der Waals surface area contributed by atoms with Crippen molar-refractivity contribution in [1.82, 2.24) is 34.7 Å². The molecular formula is C29H22N8O2S. The molecule has 196 valence electrons. The maximum Gasteiger partial charge on any atom is 0.264 e. The van der Waals surface area contributed by atoms with Crippen molar-refractivity contribution >= 4 is 39.5 Å². The first kappa shape index (κ1) is 25.0. The van der Waals surface area contributed by atoms with Crippen LogP contribution in [-0.4, -0.2) is 35.3 Å². The lowest BCUT2D eigenvalue weighted by Gasteiger charge is -2.21. The maximum absolute atomic E-state index is 14.1. The fourth-order valence-electron chi connectivity index (χ4n) is 4.58. The normalized spacial score (nSPS) is 11.8. The minimum Gasteiger partial charge on any atom is -0.381 e. The Hall–Kier alpha value is -5.34. The molecular weight excluding hydrogens is 524 g/mol. The Morgan fingerprint density at radius 1 is 1.07 bits per heavy atom. The second-order valence-corrected chi connectivity index (χ2v) is 10.2. The topological polar surface area (TPSA) is 133 Å². The number of aromatic nitrogens is 6. The quantitative estimate of drug-likeness (QED) is 0.322. The Morgan fingerprint density at radius 2 is 1.90 bits per heavy atom. The number of aryl methyl sites for hydroxylation is 1. The molecule has 1 amide bonds. The summed E-state index contributed by atoms with van der Waals surface area (Å²) in [4.78, 5) is 31.8. The monoisotopic (exact) mass is 546 g/mol. The lowest BCUT2D eigenvalue weighted by molar-refractivity contribution is 0.0941. The molecule has 3 N–H and O–H groups in total. The molecule has 0 aliphatic carbocycles. The van der Waals surface area contributed by atoms with E-state index in [0.717, 1.165) is 5.01 Å². The van der Waals surface area contributed by atoms with Crippen molar-refractivity contribution in [2.24, 2.45) is 0 Å². The number of carbonyl (C=O) groups excluding carboxylic acids is 1. The van der Waals surface area contributed by atoms with Crippen molar-refractivity contribution in [3.05, 3.63) is 110 Å². The summed E-state index contributed by atoms with van der Waals surface area (Å²) in [6.07, 6.45) is 3.24. The molecule has 2 aromatic carbocycles. The number of pyridine rings is 1. The van der Waals surface area contributed by atoms with Gasteiger partial charge in [0.2, 0.25) is 0 Å². The Kier molecular flexibility index (Phi) is 6.30. The Morgan fingerprint density at radius 3 is 2.67 bits per heavy atom. The van der Waals surface area contributed by atoms with E-state index >= 15 is 0 Å². The van der Waals surface area contributed by atoms with Gasteiger partial charge in [-0.2, -0.15) is 0 Å². The third-order valence-corrected chi connectivity index (χ3v) is 7.11. The Balaban J connectivity index is 1.48. The number of fused-ring (bicyclic) bond motifs is 2. The first-order chi connectivity index (χ1) is 19.4. The number of nitrogens with one attached hydrogen (secondary N) is 1. The van der Waals surface area contributed by atoms with E-state index in [1.165, 1.54) is 15.9 Å². The molecule has 0 aliphatic rings. The molecule has 0 saturated carbocycles. The van der Waals surface area contributed by atoms with Crippen molar-refractivity contribution < 1.29 is 4.79 Å². The lowest BCUT2D eigenvalue weighted by atomic mass is 10.0. The van der Waals surface area contributed by atoms with E-state index < -0.39 is 11.9 Å². The number of rotatable bonds is 4. The minimum atomic E-state index is -0.582. The van der Waals surface area contributed by atoms with Gasteiger partial charge in [0.15, 0.2) is 16.5 Å². The van der Waals surface area contributed by atoms with Crippen LogP contribution in [0.5, 0.6) is 0 Å². The zero-order valence-corrected chi connectivity index (χ0v) is 22.3. The molecule has 0 spiro atoms. The van der Waals surface area contributed by atoms with E-state index in [-0.39, 0.29) is 16.9 Å². The van der Waals surface area contributed by atoms with Crippen LogP contribution in [0.4, 0.5) is 5.82 Å². The van der Waals surface area contributed by atoms with Crippen molar-refractivity contribution in [3.8, 4) is 17.5 Å². The van der Waals surface area contributed by atoms with Crippen molar-refractivity contribution in [3.63, 3.8) is 0 Å². The molecule has 4 heterocycles. The lowest BCUT2D eigenvalue weighted by Crippen LogP contribution is -2.32. The Labute approximate surface area is 232 Å². The number of benzene rings is 2. The van der Waals surface area contributed by atoms with Crippen LogP contribution < -0.4 is 16.6 Å². The predicted octanol–water partition coefficient (Wildman–Crippen LogP) is 3.67. The largest absolute Gasteiger partial charge is 0.381 e. The molecule has 40 heavy (non-hydrogen) atoms. The summed E-state index contributed by atoms with van der Waals surface area (Å²) in [5.41, 5.74) is 8.15. The van der Waals surface area contributed by atoms with Gasteiger partial charge in [-0.25, -0.2) is 9.50 Å². The van der Waals surface area contributed by atoms with Gasteiger partial charge in [-0.3, -0.25) is 14.2 Å². The summed E-state index contributed by atoms with van der Waals surface area (Å²) in [6.45, 7) is 3.68. The summed E-state index contributed by atoms with van der Waals surface area (Å²) in [5.74, 6) is 5.75. The number of para-hydroxylation sites is 1. The van der Waals surface area contributed by atoms with Gasteiger partial charge in [0.05, 0.1) is 11.4 Å². The van der Waals surface area contributed by atoms with Crippen LogP contribution in [0.25, 0.3) is 22.1 Å². The number of nitrogens with two attached hydrogens (primary N) is 1. The number of hydrogen-bond donors (Lipinski definition) is 2. The van der Waals surface area contributed by atoms with Crippen LogP contribution >= 0.6 is 11.3 Å². The molecule has 10 nitrogen and oxygen atoms in total. The minimum absolute atomic E-state index is 0.0659. The number of anilines is 1. The Bertz CT molecular complexity index is 2030. The third kappa shape index (κ3) is 4.46. The first-order valence-electron chi connectivity index (χ1n) is 12.4. The van der Waals surface area contributed by atoms with Gasteiger partial charge >= 0.3 is 0 Å². The van der Waals surface area contributed by atoms with E-state index in [1.54, 1.807) is 23.0 Å². The van der Waals surface area contributed by atoms with Crippen LogP contribution in [0.1, 0.15) is 44.6 Å². The predicted molar refractivity (Wildman–Crippen MR) is 153 cm³/mol. The summed E-state index contributed by atoms with van der Waals surface area (Å²) in [6, 6.07) is 17.8. The number of carbonyl (C=O) groups is 1. The fourth-order valence-corrected chi connectivity index (χ4v) is 5.13. The zero-order valence-electron chi connectivity index (χ0n) is 21.5. The standard InChI is InChI=1S/C29H22N8O2S/c1-17(32-28(38)25-26(30)35-36-15-7-14-31-27(25)36)22-16-20-9-6-8-19(12-13-23-34-33-18(2)40-23)24(20)29(39)37(22)21-10-4-3-5-11-21/h3-11,14-17H,1-2H3,(H2,30,35)(H,32,38). The van der Waals surface area contributed by atoms with E-state index in [9.17, 15) is 9.59 Å². The van der Waals surface area contributed by atoms with Gasteiger partial charge in [0.1, 0.15) is 10.6 Å². The van der Waals surface area contributed by atoms with E-state index in [1.807, 2.05) is 68.4 Å².